The molecule has 0 radical (unpaired) electrons. The number of benzene rings is 1. The van der Waals surface area contributed by atoms with Crippen LogP contribution in [0.5, 0.6) is 17.2 Å². The van der Waals surface area contributed by atoms with Gasteiger partial charge in [-0.2, -0.15) is 0 Å². The third-order valence-corrected chi connectivity index (χ3v) is 2.71. The predicted molar refractivity (Wildman–Crippen MR) is 77.7 cm³/mol. The molecule has 120 valence electrons. The number of ether oxygens (including phenoxy) is 4. The zero-order valence-electron chi connectivity index (χ0n) is 12.7. The summed E-state index contributed by atoms with van der Waals surface area (Å²) in [7, 11) is 4.28. The molecular formula is C14H17NO7. The van der Waals surface area contributed by atoms with Crippen LogP contribution in [-0.2, 0) is 9.53 Å². The SMILES string of the molecule is CCOC(=O)/C(=C\c1cc(OC)c(OC)cc1OC)[N+](=O)[O-]. The first-order chi connectivity index (χ1) is 10.5. The van der Waals surface area contributed by atoms with Crippen molar-refractivity contribution in [2.75, 3.05) is 27.9 Å². The molecule has 0 aliphatic carbocycles. The maximum absolute atomic E-state index is 11.6. The number of hydrogen-bond donors (Lipinski definition) is 0. The van der Waals surface area contributed by atoms with E-state index in [-0.39, 0.29) is 6.61 Å². The average Bonchev–Trinajstić information content (AvgIpc) is 2.51. The summed E-state index contributed by atoms with van der Waals surface area (Å²) in [5.41, 5.74) is -0.410. The van der Waals surface area contributed by atoms with E-state index in [2.05, 4.69) is 4.74 Å². The summed E-state index contributed by atoms with van der Waals surface area (Å²) in [5, 5.41) is 11.0. The highest BCUT2D eigenvalue weighted by Crippen LogP contribution is 2.35. The van der Waals surface area contributed by atoms with Gasteiger partial charge in [0.25, 0.3) is 0 Å². The molecule has 1 rings (SSSR count). The lowest BCUT2D eigenvalue weighted by Gasteiger charge is -2.12. The average molecular weight is 311 g/mol. The smallest absolute Gasteiger partial charge is 0.409 e. The van der Waals surface area contributed by atoms with Crippen LogP contribution in [0.15, 0.2) is 17.8 Å². The minimum absolute atomic E-state index is 0.0348. The highest BCUT2D eigenvalue weighted by Gasteiger charge is 2.24. The number of methoxy groups -OCH3 is 3. The Bertz CT molecular complexity index is 595. The number of nitrogens with zero attached hydrogens (tertiary/aromatic N) is 1. The van der Waals surface area contributed by atoms with Crippen molar-refractivity contribution in [3.05, 3.63) is 33.5 Å². The summed E-state index contributed by atoms with van der Waals surface area (Å²) >= 11 is 0. The molecule has 0 saturated heterocycles. The first kappa shape index (κ1) is 17.3. The first-order valence-corrected chi connectivity index (χ1v) is 6.31. The van der Waals surface area contributed by atoms with Crippen molar-refractivity contribution >= 4 is 12.0 Å². The summed E-state index contributed by atoms with van der Waals surface area (Å²) < 4.78 is 20.1. The lowest BCUT2D eigenvalue weighted by molar-refractivity contribution is -0.419. The van der Waals surface area contributed by atoms with E-state index in [1.54, 1.807) is 6.92 Å². The fourth-order valence-corrected chi connectivity index (χ4v) is 1.70. The van der Waals surface area contributed by atoms with E-state index in [4.69, 9.17) is 14.2 Å². The van der Waals surface area contributed by atoms with Gasteiger partial charge in [0.2, 0.25) is 0 Å². The molecule has 8 nitrogen and oxygen atoms in total. The minimum Gasteiger partial charge on any atom is -0.496 e. The van der Waals surface area contributed by atoms with Gasteiger partial charge < -0.3 is 18.9 Å². The van der Waals surface area contributed by atoms with Crippen LogP contribution >= 0.6 is 0 Å². The highest BCUT2D eigenvalue weighted by molar-refractivity contribution is 5.91. The number of carbonyl (C=O) groups excluding carboxylic acids is 1. The zero-order chi connectivity index (χ0) is 16.7. The van der Waals surface area contributed by atoms with E-state index in [9.17, 15) is 14.9 Å². The second-order valence-electron chi connectivity index (χ2n) is 3.96. The van der Waals surface area contributed by atoms with Crippen LogP contribution in [0.2, 0.25) is 0 Å². The van der Waals surface area contributed by atoms with Gasteiger partial charge in [-0.1, -0.05) is 0 Å². The van der Waals surface area contributed by atoms with Crippen LogP contribution < -0.4 is 14.2 Å². The Balaban J connectivity index is 3.41. The van der Waals surface area contributed by atoms with Crippen LogP contribution in [0, 0.1) is 10.1 Å². The normalized spacial score (nSPS) is 10.8. The maximum Gasteiger partial charge on any atom is 0.409 e. The van der Waals surface area contributed by atoms with E-state index in [1.165, 1.54) is 33.5 Å². The van der Waals surface area contributed by atoms with Gasteiger partial charge in [-0.3, -0.25) is 10.1 Å². The van der Waals surface area contributed by atoms with Gasteiger partial charge in [0.05, 0.1) is 32.9 Å². The lowest BCUT2D eigenvalue weighted by atomic mass is 10.1. The Morgan fingerprint density at radius 3 is 2.14 bits per heavy atom. The molecule has 0 amide bonds. The Morgan fingerprint density at radius 2 is 1.68 bits per heavy atom. The van der Waals surface area contributed by atoms with Crippen molar-refractivity contribution in [2.24, 2.45) is 0 Å². The van der Waals surface area contributed by atoms with Gasteiger partial charge in [-0.25, -0.2) is 4.79 Å². The van der Waals surface area contributed by atoms with E-state index < -0.39 is 16.6 Å². The van der Waals surface area contributed by atoms with Crippen molar-refractivity contribution in [2.45, 2.75) is 6.92 Å². The molecule has 0 aliphatic heterocycles. The molecule has 0 heterocycles. The summed E-state index contributed by atoms with van der Waals surface area (Å²) in [4.78, 5) is 21.9. The standard InChI is InChI=1S/C14H17NO7/c1-5-22-14(16)10(15(17)18)6-9-7-12(20-3)13(21-4)8-11(9)19-2/h6-8H,5H2,1-4H3/b10-6+. The van der Waals surface area contributed by atoms with Crippen molar-refractivity contribution < 1.29 is 28.7 Å². The molecule has 0 saturated carbocycles. The summed E-state index contributed by atoms with van der Waals surface area (Å²) in [6, 6.07) is 2.98. The van der Waals surface area contributed by atoms with E-state index in [1.807, 2.05) is 0 Å². The number of carbonyl (C=O) groups is 1. The largest absolute Gasteiger partial charge is 0.496 e. The number of hydrogen-bond acceptors (Lipinski definition) is 7. The molecule has 0 spiro atoms. The molecular weight excluding hydrogens is 294 g/mol. The summed E-state index contributed by atoms with van der Waals surface area (Å²) in [6.45, 7) is 1.60. The second-order valence-corrected chi connectivity index (χ2v) is 3.96. The number of nitro groups is 1. The van der Waals surface area contributed by atoms with Gasteiger partial charge in [-0.15, -0.1) is 0 Å². The molecule has 22 heavy (non-hydrogen) atoms. The molecule has 0 unspecified atom stereocenters. The lowest BCUT2D eigenvalue weighted by Crippen LogP contribution is -2.14. The van der Waals surface area contributed by atoms with Gasteiger partial charge in [0.1, 0.15) is 5.75 Å². The van der Waals surface area contributed by atoms with Gasteiger partial charge in [0.15, 0.2) is 11.5 Å². The number of esters is 1. The molecule has 0 bridgehead atoms. The van der Waals surface area contributed by atoms with Crippen molar-refractivity contribution in [1.82, 2.24) is 0 Å². The Kier molecular flexibility index (Phi) is 6.18. The van der Waals surface area contributed by atoms with Crippen LogP contribution in [-0.4, -0.2) is 38.8 Å². The quantitative estimate of drug-likeness (QED) is 0.328. The first-order valence-electron chi connectivity index (χ1n) is 6.31. The molecule has 0 N–H and O–H groups in total. The Labute approximate surface area is 127 Å². The molecule has 0 aliphatic rings. The molecule has 8 heteroatoms. The maximum atomic E-state index is 11.6. The van der Waals surface area contributed by atoms with E-state index in [0.717, 1.165) is 6.08 Å². The van der Waals surface area contributed by atoms with Crippen molar-refractivity contribution in [1.29, 1.82) is 0 Å². The van der Waals surface area contributed by atoms with E-state index in [0.29, 0.717) is 22.8 Å². The topological polar surface area (TPSA) is 97.1 Å². The molecule has 0 aromatic heterocycles. The van der Waals surface area contributed by atoms with Crippen molar-refractivity contribution in [3.8, 4) is 17.2 Å². The van der Waals surface area contributed by atoms with Crippen LogP contribution in [0.3, 0.4) is 0 Å². The highest BCUT2D eigenvalue weighted by atomic mass is 16.6. The molecule has 0 fully saturated rings. The fourth-order valence-electron chi connectivity index (χ4n) is 1.70. The Morgan fingerprint density at radius 1 is 1.14 bits per heavy atom. The molecule has 1 aromatic carbocycles. The van der Waals surface area contributed by atoms with Gasteiger partial charge in [-0.05, 0) is 13.0 Å². The fraction of sp³-hybridized carbons (Fsp3) is 0.357. The third kappa shape index (κ3) is 3.87. The van der Waals surface area contributed by atoms with Crippen molar-refractivity contribution in [3.63, 3.8) is 0 Å². The monoisotopic (exact) mass is 311 g/mol. The van der Waals surface area contributed by atoms with Crippen LogP contribution in [0.1, 0.15) is 12.5 Å². The Hall–Kier alpha value is -2.77. The molecule has 0 atom stereocenters. The molecule has 1 aromatic rings. The summed E-state index contributed by atoms with van der Waals surface area (Å²) in [5.74, 6) is 0.0158. The summed E-state index contributed by atoms with van der Waals surface area (Å²) in [6.07, 6.45) is 1.07. The minimum atomic E-state index is -1.02. The number of rotatable bonds is 7. The van der Waals surface area contributed by atoms with Crippen LogP contribution in [0.25, 0.3) is 6.08 Å². The van der Waals surface area contributed by atoms with Crippen LogP contribution in [0.4, 0.5) is 0 Å². The van der Waals surface area contributed by atoms with Gasteiger partial charge in [0, 0.05) is 17.7 Å². The van der Waals surface area contributed by atoms with Gasteiger partial charge >= 0.3 is 11.7 Å². The third-order valence-electron chi connectivity index (χ3n) is 2.71. The predicted octanol–water partition coefficient (Wildman–Crippen LogP) is 1.89. The zero-order valence-corrected chi connectivity index (χ0v) is 12.7. The van der Waals surface area contributed by atoms with E-state index >= 15 is 0 Å². The second kappa shape index (κ2) is 7.87.